The summed E-state index contributed by atoms with van der Waals surface area (Å²) in [6, 6.07) is 6.19. The molecule has 8 heteroatoms. The number of nitrogens with one attached hydrogen (secondary N) is 1. The zero-order valence-corrected chi connectivity index (χ0v) is 15.4. The van der Waals surface area contributed by atoms with E-state index in [1.54, 1.807) is 24.3 Å². The molecule has 0 bridgehead atoms. The topological polar surface area (TPSA) is 102 Å². The molecular formula is C18H24N2O6. The fourth-order valence-corrected chi connectivity index (χ4v) is 1.84. The minimum atomic E-state index is -0.717. The molecule has 1 N–H and O–H groups in total. The Bertz CT molecular complexity index is 649. The molecule has 8 nitrogen and oxygen atoms in total. The Morgan fingerprint density at radius 3 is 2.27 bits per heavy atom. The maximum absolute atomic E-state index is 11.9. The average Bonchev–Trinajstić information content (AvgIpc) is 2.56. The van der Waals surface area contributed by atoms with Gasteiger partial charge in [-0.15, -0.1) is 0 Å². The number of aldehydes is 1. The standard InChI is InChI=1S/C18H24N2O6/c1-18(2,3)19-15(22)9-20(4)16(23)11-26-17(24)12-25-14-7-5-13(10-21)6-8-14/h5-8,10H,9,11-12H2,1-4H3,(H,19,22). The Balaban J connectivity index is 2.33. The molecule has 0 spiro atoms. The van der Waals surface area contributed by atoms with Gasteiger partial charge in [-0.3, -0.25) is 14.4 Å². The van der Waals surface area contributed by atoms with Gasteiger partial charge < -0.3 is 19.7 Å². The first-order valence-corrected chi connectivity index (χ1v) is 7.99. The third kappa shape index (κ3) is 8.27. The molecule has 0 fully saturated rings. The van der Waals surface area contributed by atoms with E-state index in [4.69, 9.17) is 9.47 Å². The summed E-state index contributed by atoms with van der Waals surface area (Å²) in [5.41, 5.74) is 0.0957. The second kappa shape index (κ2) is 9.55. The molecule has 0 aliphatic rings. The molecule has 0 saturated carbocycles. The Hall–Kier alpha value is -2.90. The summed E-state index contributed by atoms with van der Waals surface area (Å²) in [6.45, 7) is 4.52. The van der Waals surface area contributed by atoms with Crippen LogP contribution in [0.3, 0.4) is 0 Å². The smallest absolute Gasteiger partial charge is 0.344 e. The van der Waals surface area contributed by atoms with E-state index >= 15 is 0 Å². The van der Waals surface area contributed by atoms with Gasteiger partial charge in [-0.25, -0.2) is 4.79 Å². The number of hydrogen-bond donors (Lipinski definition) is 1. The Kier molecular flexibility index (Phi) is 7.77. The van der Waals surface area contributed by atoms with Crippen LogP contribution in [-0.2, 0) is 19.1 Å². The van der Waals surface area contributed by atoms with Crippen LogP contribution in [0, 0.1) is 0 Å². The number of amides is 2. The Morgan fingerprint density at radius 1 is 1.12 bits per heavy atom. The lowest BCUT2D eigenvalue weighted by Gasteiger charge is -2.23. The van der Waals surface area contributed by atoms with Crippen molar-refractivity contribution in [3.05, 3.63) is 29.8 Å². The summed E-state index contributed by atoms with van der Waals surface area (Å²) in [5.74, 6) is -1.13. The number of hydrogen-bond acceptors (Lipinski definition) is 6. The van der Waals surface area contributed by atoms with Crippen molar-refractivity contribution in [2.45, 2.75) is 26.3 Å². The highest BCUT2D eigenvalue weighted by molar-refractivity contribution is 5.86. The van der Waals surface area contributed by atoms with Crippen LogP contribution in [-0.4, -0.2) is 61.3 Å². The Labute approximate surface area is 152 Å². The number of carbonyl (C=O) groups excluding carboxylic acids is 4. The zero-order chi connectivity index (χ0) is 19.7. The van der Waals surface area contributed by atoms with E-state index in [1.807, 2.05) is 20.8 Å². The van der Waals surface area contributed by atoms with Crippen LogP contribution in [0.5, 0.6) is 5.75 Å². The number of rotatable bonds is 8. The number of likely N-dealkylation sites (N-methyl/N-ethyl adjacent to an activating group) is 1. The van der Waals surface area contributed by atoms with Crippen molar-refractivity contribution in [3.63, 3.8) is 0 Å². The second-order valence-corrected chi connectivity index (χ2v) is 6.68. The number of carbonyl (C=O) groups is 4. The SMILES string of the molecule is CN(CC(=O)NC(C)(C)C)C(=O)COC(=O)COc1ccc(C=O)cc1. The van der Waals surface area contributed by atoms with Gasteiger partial charge in [0.25, 0.3) is 5.91 Å². The molecule has 0 unspecified atom stereocenters. The van der Waals surface area contributed by atoms with Crippen LogP contribution in [0.25, 0.3) is 0 Å². The lowest BCUT2D eigenvalue weighted by atomic mass is 10.1. The molecule has 1 rings (SSSR count). The Morgan fingerprint density at radius 2 is 1.73 bits per heavy atom. The predicted molar refractivity (Wildman–Crippen MR) is 93.8 cm³/mol. The first-order valence-electron chi connectivity index (χ1n) is 7.99. The van der Waals surface area contributed by atoms with Crippen molar-refractivity contribution in [1.29, 1.82) is 0 Å². The van der Waals surface area contributed by atoms with Crippen LogP contribution in [0.15, 0.2) is 24.3 Å². The number of esters is 1. The van der Waals surface area contributed by atoms with Crippen molar-refractivity contribution in [3.8, 4) is 5.75 Å². The van der Waals surface area contributed by atoms with E-state index in [9.17, 15) is 19.2 Å². The van der Waals surface area contributed by atoms with E-state index in [-0.39, 0.29) is 19.1 Å². The molecule has 0 radical (unpaired) electrons. The van der Waals surface area contributed by atoms with Crippen molar-refractivity contribution in [1.82, 2.24) is 10.2 Å². The van der Waals surface area contributed by atoms with Gasteiger partial charge in [0, 0.05) is 18.2 Å². The summed E-state index contributed by atoms with van der Waals surface area (Å²) >= 11 is 0. The van der Waals surface area contributed by atoms with E-state index in [0.717, 1.165) is 0 Å². The van der Waals surface area contributed by atoms with Gasteiger partial charge in [0.05, 0.1) is 6.54 Å². The first-order chi connectivity index (χ1) is 12.1. The lowest BCUT2D eigenvalue weighted by Crippen LogP contribution is -2.47. The zero-order valence-electron chi connectivity index (χ0n) is 15.4. The minimum Gasteiger partial charge on any atom is -0.482 e. The van der Waals surface area contributed by atoms with Gasteiger partial charge >= 0.3 is 5.97 Å². The molecule has 142 valence electrons. The molecule has 0 aromatic heterocycles. The fourth-order valence-electron chi connectivity index (χ4n) is 1.84. The lowest BCUT2D eigenvalue weighted by molar-refractivity contribution is -0.153. The van der Waals surface area contributed by atoms with Gasteiger partial charge in [-0.2, -0.15) is 0 Å². The number of ether oxygens (including phenoxy) is 2. The maximum atomic E-state index is 11.9. The largest absolute Gasteiger partial charge is 0.482 e. The van der Waals surface area contributed by atoms with Gasteiger partial charge in [-0.1, -0.05) is 0 Å². The molecule has 0 heterocycles. The molecule has 0 saturated heterocycles. The first kappa shape index (κ1) is 21.1. The van der Waals surface area contributed by atoms with Crippen molar-refractivity contribution in [2.75, 3.05) is 26.8 Å². The summed E-state index contributed by atoms with van der Waals surface area (Å²) in [4.78, 5) is 47.0. The average molecular weight is 364 g/mol. The molecule has 0 aliphatic heterocycles. The summed E-state index contributed by atoms with van der Waals surface area (Å²) < 4.78 is 10.0. The summed E-state index contributed by atoms with van der Waals surface area (Å²) in [6.07, 6.45) is 0.696. The third-order valence-corrected chi connectivity index (χ3v) is 3.05. The van der Waals surface area contributed by atoms with Crippen molar-refractivity contribution in [2.24, 2.45) is 0 Å². The number of benzene rings is 1. The molecular weight excluding hydrogens is 340 g/mol. The van der Waals surface area contributed by atoms with Crippen LogP contribution >= 0.6 is 0 Å². The van der Waals surface area contributed by atoms with Crippen molar-refractivity contribution >= 4 is 24.1 Å². The van der Waals surface area contributed by atoms with Crippen LogP contribution in [0.2, 0.25) is 0 Å². The van der Waals surface area contributed by atoms with Crippen LogP contribution < -0.4 is 10.1 Å². The van der Waals surface area contributed by atoms with E-state index in [2.05, 4.69) is 5.32 Å². The normalized spacial score (nSPS) is 10.6. The van der Waals surface area contributed by atoms with Gasteiger partial charge in [0.15, 0.2) is 13.2 Å². The highest BCUT2D eigenvalue weighted by atomic mass is 16.6. The van der Waals surface area contributed by atoms with Crippen molar-refractivity contribution < 1.29 is 28.7 Å². The summed E-state index contributed by atoms with van der Waals surface area (Å²) in [5, 5.41) is 2.73. The molecule has 2 amide bonds. The second-order valence-electron chi connectivity index (χ2n) is 6.68. The minimum absolute atomic E-state index is 0.132. The number of nitrogens with zero attached hydrogens (tertiary/aromatic N) is 1. The van der Waals surface area contributed by atoms with Gasteiger partial charge in [-0.05, 0) is 45.0 Å². The summed E-state index contributed by atoms with van der Waals surface area (Å²) in [7, 11) is 1.45. The molecule has 0 aliphatic carbocycles. The molecule has 0 atom stereocenters. The van der Waals surface area contributed by atoms with Gasteiger partial charge in [0.2, 0.25) is 5.91 Å². The maximum Gasteiger partial charge on any atom is 0.344 e. The quantitative estimate of drug-likeness (QED) is 0.541. The molecule has 1 aromatic rings. The third-order valence-electron chi connectivity index (χ3n) is 3.05. The van der Waals surface area contributed by atoms with E-state index in [1.165, 1.54) is 11.9 Å². The highest BCUT2D eigenvalue weighted by Crippen LogP contribution is 2.10. The van der Waals surface area contributed by atoms with Crippen LogP contribution in [0.4, 0.5) is 0 Å². The molecule has 26 heavy (non-hydrogen) atoms. The monoisotopic (exact) mass is 364 g/mol. The van der Waals surface area contributed by atoms with Crippen LogP contribution in [0.1, 0.15) is 31.1 Å². The fraction of sp³-hybridized carbons (Fsp3) is 0.444. The highest BCUT2D eigenvalue weighted by Gasteiger charge is 2.18. The van der Waals surface area contributed by atoms with E-state index in [0.29, 0.717) is 17.6 Å². The molecule has 1 aromatic carbocycles. The predicted octanol–water partition coefficient (Wildman–Crippen LogP) is 0.794. The van der Waals surface area contributed by atoms with Gasteiger partial charge in [0.1, 0.15) is 12.0 Å². The van der Waals surface area contributed by atoms with E-state index < -0.39 is 24.0 Å².